The first-order valence-corrected chi connectivity index (χ1v) is 14.0. The highest BCUT2D eigenvalue weighted by Gasteiger charge is 2.36. The van der Waals surface area contributed by atoms with Gasteiger partial charge in [-0.05, 0) is 42.8 Å². The van der Waals surface area contributed by atoms with Gasteiger partial charge in [0, 0.05) is 10.4 Å². The Balaban J connectivity index is 1.45. The van der Waals surface area contributed by atoms with E-state index >= 15 is 0 Å². The van der Waals surface area contributed by atoms with Gasteiger partial charge in [-0.3, -0.25) is 0 Å². The van der Waals surface area contributed by atoms with Gasteiger partial charge in [-0.15, -0.1) is 5.01 Å². The van der Waals surface area contributed by atoms with Crippen LogP contribution in [0.15, 0.2) is 91.0 Å². The number of hydrogen-bond donors (Lipinski definition) is 1. The Morgan fingerprint density at radius 3 is 1.81 bits per heavy atom. The van der Waals surface area contributed by atoms with Crippen LogP contribution in [-0.4, -0.2) is 23.6 Å². The van der Waals surface area contributed by atoms with Crippen LogP contribution < -0.4 is 15.6 Å². The topological polar surface area (TPSA) is 21.5 Å². The highest BCUT2D eigenvalue weighted by Crippen LogP contribution is 2.21. The second-order valence-electron chi connectivity index (χ2n) is 9.79. The zero-order valence-electron chi connectivity index (χ0n) is 22.0. The Morgan fingerprint density at radius 2 is 1.19 bits per heavy atom. The highest BCUT2D eigenvalue weighted by atomic mass is 15.9. The molecule has 0 amide bonds. The Bertz CT molecular complexity index is 1030. The number of anilines is 2. The maximum atomic E-state index is 3.70. The Hall–Kier alpha value is -3.27. The van der Waals surface area contributed by atoms with E-state index < -0.39 is 0 Å². The van der Waals surface area contributed by atoms with Crippen LogP contribution in [0.3, 0.4) is 0 Å². The van der Waals surface area contributed by atoms with Gasteiger partial charge in [-0.1, -0.05) is 125 Å². The monoisotopic (exact) mass is 483 g/mol. The number of hydrazone groups is 2. The van der Waals surface area contributed by atoms with Gasteiger partial charge >= 0.3 is 0 Å². The maximum Gasteiger partial charge on any atom is 0.270 e. The van der Waals surface area contributed by atoms with Crippen molar-refractivity contribution in [2.75, 3.05) is 23.1 Å². The van der Waals surface area contributed by atoms with Gasteiger partial charge in [-0.25, -0.2) is 5.01 Å². The minimum atomic E-state index is 0.801. The van der Waals surface area contributed by atoms with Crippen molar-refractivity contribution in [3.8, 4) is 0 Å². The second kappa shape index (κ2) is 14.3. The molecule has 4 heteroatoms. The lowest BCUT2D eigenvalue weighted by molar-refractivity contribution is -0.592. The predicted octanol–water partition coefficient (Wildman–Crippen LogP) is 7.77. The molecule has 0 spiro atoms. The summed E-state index contributed by atoms with van der Waals surface area (Å²) in [5, 5.41) is 4.65. The molecule has 0 saturated heterocycles. The maximum absolute atomic E-state index is 3.70. The van der Waals surface area contributed by atoms with Gasteiger partial charge < -0.3 is 0 Å². The molecule has 0 bridgehead atoms. The summed E-state index contributed by atoms with van der Waals surface area (Å²) in [7, 11) is 0. The fourth-order valence-corrected chi connectivity index (χ4v) is 4.92. The average molecular weight is 484 g/mol. The van der Waals surface area contributed by atoms with Crippen molar-refractivity contribution in [3.63, 3.8) is 0 Å². The standard InChI is InChI=1S/C32H43N4/c1-2-3-4-5-6-7-8-9-10-20-27-35(31-25-18-13-19-26-31)36-32(29-21-14-11-15-22-29)28-34(33-36)30-23-16-12-17-24-30/h11-19,21-26,33H,2-10,20,27-28H2,1H3/q+1. The smallest absolute Gasteiger partial charge is 0.227 e. The number of rotatable bonds is 15. The SMILES string of the molecule is CCCCCCCCCCCCN(c1ccccc1)[N+]1=C(c2ccccc2)CN(c2ccccc2)N1. The van der Waals surface area contributed by atoms with Crippen molar-refractivity contribution >= 4 is 17.1 Å². The third kappa shape index (κ3) is 7.36. The molecule has 1 aliphatic rings. The highest BCUT2D eigenvalue weighted by molar-refractivity contribution is 6.00. The predicted molar refractivity (Wildman–Crippen MR) is 153 cm³/mol. The molecule has 1 N–H and O–H groups in total. The zero-order chi connectivity index (χ0) is 24.8. The quantitative estimate of drug-likeness (QED) is 0.176. The van der Waals surface area contributed by atoms with E-state index in [1.807, 2.05) is 0 Å². The number of unbranched alkanes of at least 4 members (excludes halogenated alkanes) is 9. The van der Waals surface area contributed by atoms with Gasteiger partial charge in [0.15, 0.2) is 0 Å². The van der Waals surface area contributed by atoms with E-state index in [2.05, 4.69) is 118 Å². The van der Waals surface area contributed by atoms with E-state index in [1.54, 1.807) is 0 Å². The molecule has 0 saturated carbocycles. The fourth-order valence-electron chi connectivity index (χ4n) is 4.92. The Morgan fingerprint density at radius 1 is 0.667 bits per heavy atom. The molecule has 3 aromatic rings. The van der Waals surface area contributed by atoms with E-state index in [1.165, 1.54) is 86.9 Å². The number of para-hydroxylation sites is 2. The van der Waals surface area contributed by atoms with Crippen LogP contribution in [0.4, 0.5) is 11.4 Å². The summed E-state index contributed by atoms with van der Waals surface area (Å²) in [5.74, 6) is 0. The van der Waals surface area contributed by atoms with Crippen molar-refractivity contribution in [1.82, 2.24) is 5.53 Å². The first-order chi connectivity index (χ1) is 17.9. The molecule has 0 unspecified atom stereocenters. The second-order valence-corrected chi connectivity index (χ2v) is 9.79. The molecule has 1 aliphatic heterocycles. The molecule has 0 fully saturated rings. The summed E-state index contributed by atoms with van der Waals surface area (Å²) in [6, 6.07) is 32.1. The molecule has 1 heterocycles. The number of nitrogens with zero attached hydrogens (tertiary/aromatic N) is 3. The molecule has 36 heavy (non-hydrogen) atoms. The van der Waals surface area contributed by atoms with Gasteiger partial charge in [0.1, 0.15) is 12.2 Å². The van der Waals surface area contributed by atoms with Crippen LogP contribution in [0, 0.1) is 0 Å². The van der Waals surface area contributed by atoms with E-state index in [0.717, 1.165) is 13.1 Å². The van der Waals surface area contributed by atoms with Crippen LogP contribution >= 0.6 is 0 Å². The summed E-state index contributed by atoms with van der Waals surface area (Å²) in [5.41, 5.74) is 8.58. The molecule has 4 rings (SSSR count). The van der Waals surface area contributed by atoms with Crippen LogP contribution in [0.25, 0.3) is 0 Å². The molecular formula is C32H43N4+. The molecule has 190 valence electrons. The van der Waals surface area contributed by atoms with Crippen molar-refractivity contribution in [1.29, 1.82) is 0 Å². The summed E-state index contributed by atoms with van der Waals surface area (Å²) in [6.07, 6.45) is 13.5. The van der Waals surface area contributed by atoms with Crippen molar-refractivity contribution in [2.45, 2.75) is 71.1 Å². The summed E-state index contributed by atoms with van der Waals surface area (Å²) < 4.78 is 0. The Labute approximate surface area is 218 Å². The summed E-state index contributed by atoms with van der Waals surface area (Å²) in [4.78, 5) is 2.27. The Kier molecular flexibility index (Phi) is 10.3. The van der Waals surface area contributed by atoms with Crippen molar-refractivity contribution in [2.24, 2.45) is 0 Å². The molecule has 0 atom stereocenters. The normalized spacial score (nSPS) is 13.2. The average Bonchev–Trinajstić information content (AvgIpc) is 3.38. The molecule has 3 aromatic carbocycles. The van der Waals surface area contributed by atoms with Crippen LogP contribution in [0.1, 0.15) is 76.7 Å². The van der Waals surface area contributed by atoms with Crippen molar-refractivity contribution < 1.29 is 4.79 Å². The van der Waals surface area contributed by atoms with E-state index in [0.29, 0.717) is 0 Å². The van der Waals surface area contributed by atoms with Gasteiger partial charge in [-0.2, -0.15) is 0 Å². The molecule has 0 radical (unpaired) electrons. The minimum Gasteiger partial charge on any atom is -0.227 e. The summed E-state index contributed by atoms with van der Waals surface area (Å²) in [6.45, 7) is 4.07. The first-order valence-electron chi connectivity index (χ1n) is 14.0. The van der Waals surface area contributed by atoms with Gasteiger partial charge in [0.25, 0.3) is 5.71 Å². The first kappa shape index (κ1) is 25.8. The van der Waals surface area contributed by atoms with Crippen molar-refractivity contribution in [3.05, 3.63) is 96.6 Å². The number of hydrogen-bond acceptors (Lipinski definition) is 3. The molecular weight excluding hydrogens is 440 g/mol. The lowest BCUT2D eigenvalue weighted by Gasteiger charge is -2.21. The molecule has 0 aliphatic carbocycles. The number of nitrogens with one attached hydrogen (secondary N) is 1. The van der Waals surface area contributed by atoms with E-state index in [-0.39, 0.29) is 0 Å². The van der Waals surface area contributed by atoms with E-state index in [9.17, 15) is 0 Å². The van der Waals surface area contributed by atoms with Gasteiger partial charge in [0.05, 0.1) is 12.2 Å². The third-order valence-electron chi connectivity index (χ3n) is 6.97. The lowest BCUT2D eigenvalue weighted by atomic mass is 10.1. The van der Waals surface area contributed by atoms with E-state index in [4.69, 9.17) is 0 Å². The number of hydrazine groups is 3. The van der Waals surface area contributed by atoms with Crippen LogP contribution in [-0.2, 0) is 0 Å². The van der Waals surface area contributed by atoms with Crippen LogP contribution in [0.2, 0.25) is 0 Å². The summed E-state index contributed by atoms with van der Waals surface area (Å²) >= 11 is 0. The fraction of sp³-hybridized carbons (Fsp3) is 0.406. The van der Waals surface area contributed by atoms with Crippen LogP contribution in [0.5, 0.6) is 0 Å². The largest absolute Gasteiger partial charge is 0.270 e. The molecule has 0 aromatic heterocycles. The minimum absolute atomic E-state index is 0.801. The van der Waals surface area contributed by atoms with Gasteiger partial charge in [0.2, 0.25) is 0 Å². The molecule has 4 nitrogen and oxygen atoms in total. The third-order valence-corrected chi connectivity index (χ3v) is 6.97. The lowest BCUT2D eigenvalue weighted by Crippen LogP contribution is -2.48. The zero-order valence-corrected chi connectivity index (χ0v) is 22.0. The number of benzene rings is 3.